The molecule has 16 heavy (non-hydrogen) atoms. The SMILES string of the molecule is OC(c1cncnc1)c1ccc(Br)c(F)c1. The molecule has 1 atom stereocenters. The smallest absolute Gasteiger partial charge is 0.137 e. The highest BCUT2D eigenvalue weighted by Crippen LogP contribution is 2.24. The van der Waals surface area contributed by atoms with E-state index in [1.807, 2.05) is 0 Å². The molecule has 0 aliphatic heterocycles. The summed E-state index contributed by atoms with van der Waals surface area (Å²) in [5.74, 6) is -0.409. The predicted octanol–water partition coefficient (Wildman–Crippen LogP) is 2.46. The van der Waals surface area contributed by atoms with Gasteiger partial charge in [-0.15, -0.1) is 0 Å². The van der Waals surface area contributed by atoms with E-state index >= 15 is 0 Å². The lowest BCUT2D eigenvalue weighted by molar-refractivity contribution is 0.219. The summed E-state index contributed by atoms with van der Waals surface area (Å²) in [6.07, 6.45) is 3.46. The number of nitrogens with zero attached hydrogens (tertiary/aromatic N) is 2. The van der Waals surface area contributed by atoms with E-state index in [9.17, 15) is 9.50 Å². The zero-order chi connectivity index (χ0) is 11.5. The maximum Gasteiger partial charge on any atom is 0.137 e. The third-order valence-electron chi connectivity index (χ3n) is 2.16. The lowest BCUT2D eigenvalue weighted by Gasteiger charge is -2.10. The normalized spacial score (nSPS) is 12.4. The summed E-state index contributed by atoms with van der Waals surface area (Å²) in [6.45, 7) is 0. The minimum absolute atomic E-state index is 0.368. The number of aliphatic hydroxyl groups excluding tert-OH is 1. The second-order valence-corrected chi connectivity index (χ2v) is 4.10. The van der Waals surface area contributed by atoms with Crippen LogP contribution in [-0.2, 0) is 0 Å². The average Bonchev–Trinajstić information content (AvgIpc) is 2.33. The van der Waals surface area contributed by atoms with Crippen molar-refractivity contribution in [3.8, 4) is 0 Å². The second-order valence-electron chi connectivity index (χ2n) is 3.25. The molecule has 2 aromatic rings. The molecule has 1 unspecified atom stereocenters. The van der Waals surface area contributed by atoms with Gasteiger partial charge in [0.1, 0.15) is 18.2 Å². The third kappa shape index (κ3) is 2.25. The fourth-order valence-corrected chi connectivity index (χ4v) is 1.57. The first-order chi connectivity index (χ1) is 7.68. The maximum atomic E-state index is 13.3. The Morgan fingerprint density at radius 3 is 2.50 bits per heavy atom. The first kappa shape index (κ1) is 11.2. The van der Waals surface area contributed by atoms with Gasteiger partial charge < -0.3 is 5.11 Å². The molecule has 0 spiro atoms. The Bertz CT molecular complexity index is 493. The standard InChI is InChI=1S/C11H8BrFN2O/c12-9-2-1-7(3-10(9)13)11(16)8-4-14-6-15-5-8/h1-6,11,16H. The minimum atomic E-state index is -0.913. The van der Waals surface area contributed by atoms with Crippen LogP contribution in [0.4, 0.5) is 4.39 Å². The summed E-state index contributed by atoms with van der Waals surface area (Å²) in [5.41, 5.74) is 1.000. The predicted molar refractivity (Wildman–Crippen MR) is 60.2 cm³/mol. The molecule has 1 heterocycles. The fraction of sp³-hybridized carbons (Fsp3) is 0.0909. The van der Waals surface area contributed by atoms with Crippen LogP contribution in [0.1, 0.15) is 17.2 Å². The van der Waals surface area contributed by atoms with Crippen molar-refractivity contribution in [1.82, 2.24) is 9.97 Å². The summed E-state index contributed by atoms with van der Waals surface area (Å²) in [4.78, 5) is 7.59. The monoisotopic (exact) mass is 282 g/mol. The number of rotatable bonds is 2. The zero-order valence-electron chi connectivity index (χ0n) is 8.14. The summed E-state index contributed by atoms with van der Waals surface area (Å²) in [5, 5.41) is 9.95. The topological polar surface area (TPSA) is 46.0 Å². The number of benzene rings is 1. The van der Waals surface area contributed by atoms with Crippen LogP contribution in [0, 0.1) is 5.82 Å². The number of aromatic nitrogens is 2. The zero-order valence-corrected chi connectivity index (χ0v) is 9.73. The van der Waals surface area contributed by atoms with Gasteiger partial charge in [-0.3, -0.25) is 0 Å². The molecule has 1 aromatic heterocycles. The highest BCUT2D eigenvalue weighted by atomic mass is 79.9. The number of hydrogen-bond acceptors (Lipinski definition) is 3. The molecule has 2 rings (SSSR count). The highest BCUT2D eigenvalue weighted by Gasteiger charge is 2.12. The number of hydrogen-bond donors (Lipinski definition) is 1. The summed E-state index contributed by atoms with van der Waals surface area (Å²) in [6, 6.07) is 4.48. The van der Waals surface area contributed by atoms with Crippen molar-refractivity contribution in [2.75, 3.05) is 0 Å². The second kappa shape index (κ2) is 4.67. The summed E-state index contributed by atoms with van der Waals surface area (Å²) in [7, 11) is 0. The highest BCUT2D eigenvalue weighted by molar-refractivity contribution is 9.10. The molecular formula is C11H8BrFN2O. The first-order valence-electron chi connectivity index (χ1n) is 4.56. The molecule has 5 heteroatoms. The Labute approximate surface area is 100 Å². The van der Waals surface area contributed by atoms with Crippen molar-refractivity contribution >= 4 is 15.9 Å². The van der Waals surface area contributed by atoms with Gasteiger partial charge in [-0.25, -0.2) is 14.4 Å². The van der Waals surface area contributed by atoms with Gasteiger partial charge in [0.15, 0.2) is 0 Å². The average molecular weight is 283 g/mol. The third-order valence-corrected chi connectivity index (χ3v) is 2.80. The maximum absolute atomic E-state index is 13.3. The van der Waals surface area contributed by atoms with Crippen LogP contribution in [0.15, 0.2) is 41.4 Å². The molecule has 0 saturated heterocycles. The molecule has 0 saturated carbocycles. The largest absolute Gasteiger partial charge is 0.384 e. The molecular weight excluding hydrogens is 275 g/mol. The van der Waals surface area contributed by atoms with Crippen LogP contribution in [0.3, 0.4) is 0 Å². The number of halogens is 2. The van der Waals surface area contributed by atoms with Crippen LogP contribution in [0.25, 0.3) is 0 Å². The molecule has 0 fully saturated rings. The van der Waals surface area contributed by atoms with E-state index in [0.717, 1.165) is 0 Å². The van der Waals surface area contributed by atoms with Gasteiger partial charge >= 0.3 is 0 Å². The molecule has 3 nitrogen and oxygen atoms in total. The Hall–Kier alpha value is -1.33. The van der Waals surface area contributed by atoms with E-state index in [4.69, 9.17) is 0 Å². The quantitative estimate of drug-likeness (QED) is 0.920. The van der Waals surface area contributed by atoms with E-state index in [1.165, 1.54) is 24.8 Å². The molecule has 1 aromatic carbocycles. The van der Waals surface area contributed by atoms with Gasteiger partial charge in [0.25, 0.3) is 0 Å². The van der Waals surface area contributed by atoms with Crippen molar-refractivity contribution in [3.05, 3.63) is 58.3 Å². The van der Waals surface area contributed by atoms with Gasteiger partial charge in [0.05, 0.1) is 4.47 Å². The van der Waals surface area contributed by atoms with Crippen LogP contribution >= 0.6 is 15.9 Å². The molecule has 0 aliphatic rings. The molecule has 82 valence electrons. The lowest BCUT2D eigenvalue weighted by atomic mass is 10.0. The van der Waals surface area contributed by atoms with Gasteiger partial charge in [-0.1, -0.05) is 6.07 Å². The van der Waals surface area contributed by atoms with E-state index in [1.54, 1.807) is 12.1 Å². The van der Waals surface area contributed by atoms with Gasteiger partial charge in [-0.05, 0) is 33.6 Å². The Kier molecular flexibility index (Phi) is 3.26. The molecule has 0 aliphatic carbocycles. The van der Waals surface area contributed by atoms with Crippen molar-refractivity contribution in [1.29, 1.82) is 0 Å². The Morgan fingerprint density at radius 1 is 1.19 bits per heavy atom. The van der Waals surface area contributed by atoms with E-state index in [0.29, 0.717) is 15.6 Å². The summed E-state index contributed by atoms with van der Waals surface area (Å²) < 4.78 is 13.6. The van der Waals surface area contributed by atoms with Crippen LogP contribution in [0.5, 0.6) is 0 Å². The van der Waals surface area contributed by atoms with Crippen LogP contribution in [0.2, 0.25) is 0 Å². The van der Waals surface area contributed by atoms with E-state index < -0.39 is 11.9 Å². The van der Waals surface area contributed by atoms with E-state index in [2.05, 4.69) is 25.9 Å². The Morgan fingerprint density at radius 2 is 1.88 bits per heavy atom. The Balaban J connectivity index is 2.34. The fourth-order valence-electron chi connectivity index (χ4n) is 1.33. The molecule has 1 N–H and O–H groups in total. The first-order valence-corrected chi connectivity index (χ1v) is 5.35. The van der Waals surface area contributed by atoms with Crippen LogP contribution in [-0.4, -0.2) is 15.1 Å². The van der Waals surface area contributed by atoms with Gasteiger partial charge in [0, 0.05) is 18.0 Å². The van der Waals surface area contributed by atoms with Crippen molar-refractivity contribution in [2.45, 2.75) is 6.10 Å². The molecule has 0 radical (unpaired) electrons. The van der Waals surface area contributed by atoms with E-state index in [-0.39, 0.29) is 0 Å². The molecule has 0 bridgehead atoms. The van der Waals surface area contributed by atoms with Gasteiger partial charge in [0.2, 0.25) is 0 Å². The summed E-state index contributed by atoms with van der Waals surface area (Å²) >= 11 is 3.05. The lowest BCUT2D eigenvalue weighted by Crippen LogP contribution is -2.01. The molecule has 0 amide bonds. The van der Waals surface area contributed by atoms with Crippen molar-refractivity contribution in [2.24, 2.45) is 0 Å². The van der Waals surface area contributed by atoms with Gasteiger partial charge in [-0.2, -0.15) is 0 Å². The van der Waals surface area contributed by atoms with Crippen molar-refractivity contribution in [3.63, 3.8) is 0 Å². The minimum Gasteiger partial charge on any atom is -0.384 e. The van der Waals surface area contributed by atoms with Crippen LogP contribution < -0.4 is 0 Å². The van der Waals surface area contributed by atoms with Crippen molar-refractivity contribution < 1.29 is 9.50 Å². The number of aliphatic hydroxyl groups is 1.